The Bertz CT molecular complexity index is 803. The van der Waals surface area contributed by atoms with E-state index >= 15 is 0 Å². The molecular weight excluding hydrogens is 329 g/mol. The van der Waals surface area contributed by atoms with Gasteiger partial charge in [0.1, 0.15) is 17.5 Å². The van der Waals surface area contributed by atoms with E-state index in [0.717, 1.165) is 5.56 Å². The lowest BCUT2D eigenvalue weighted by Crippen LogP contribution is -2.18. The maximum Gasteiger partial charge on any atom is 0.267 e. The number of amides is 1. The van der Waals surface area contributed by atoms with E-state index in [1.54, 1.807) is 12.1 Å². The second-order valence-electron chi connectivity index (χ2n) is 6.23. The van der Waals surface area contributed by atoms with E-state index in [-0.39, 0.29) is 11.4 Å². The maximum absolute atomic E-state index is 12.9. The predicted molar refractivity (Wildman–Crippen MR) is 101 cm³/mol. The van der Waals surface area contributed by atoms with E-state index in [4.69, 9.17) is 0 Å². The summed E-state index contributed by atoms with van der Waals surface area (Å²) in [5.74, 6) is -0.315. The fraction of sp³-hybridized carbons (Fsp3) is 0.238. The zero-order valence-electron chi connectivity index (χ0n) is 14.9. The van der Waals surface area contributed by atoms with Crippen LogP contribution >= 0.6 is 0 Å². The molecule has 0 heterocycles. The number of nitriles is 1. The summed E-state index contributed by atoms with van der Waals surface area (Å²) in [6.07, 6.45) is 2.06. The van der Waals surface area contributed by atoms with Crippen molar-refractivity contribution in [2.75, 3.05) is 11.9 Å². The first kappa shape index (κ1) is 19.2. The molecule has 0 saturated carbocycles. The van der Waals surface area contributed by atoms with Gasteiger partial charge in [-0.15, -0.1) is 0 Å². The van der Waals surface area contributed by atoms with Gasteiger partial charge in [-0.25, -0.2) is 4.39 Å². The minimum Gasteiger partial charge on any atom is -0.389 e. The molecule has 2 rings (SSSR count). The number of halogens is 1. The fourth-order valence-electron chi connectivity index (χ4n) is 2.34. The quantitative estimate of drug-likeness (QED) is 0.448. The smallest absolute Gasteiger partial charge is 0.267 e. The van der Waals surface area contributed by atoms with E-state index in [1.165, 1.54) is 23.9 Å². The third-order valence-electron chi connectivity index (χ3n) is 3.92. The lowest BCUT2D eigenvalue weighted by molar-refractivity contribution is -0.112. The molecule has 0 fully saturated rings. The molecule has 4 nitrogen and oxygen atoms in total. The first-order valence-electron chi connectivity index (χ1n) is 8.49. The molecule has 0 aliphatic carbocycles. The number of carbonyl (C=O) groups is 1. The van der Waals surface area contributed by atoms with Crippen molar-refractivity contribution >= 4 is 11.6 Å². The number of hydrogen-bond donors (Lipinski definition) is 2. The predicted octanol–water partition coefficient (Wildman–Crippen LogP) is 4.13. The highest BCUT2D eigenvalue weighted by atomic mass is 19.1. The molecule has 0 atom stereocenters. The molecule has 0 saturated heterocycles. The molecule has 26 heavy (non-hydrogen) atoms. The average molecular weight is 351 g/mol. The SMILES string of the molecule is CC(C)c1ccc(NC(=O)/C(C#N)=C\NCCc2ccc(F)cc2)cc1. The Labute approximate surface area is 153 Å². The van der Waals surface area contributed by atoms with Gasteiger partial charge in [-0.3, -0.25) is 4.79 Å². The summed E-state index contributed by atoms with van der Waals surface area (Å²) in [6.45, 7) is 4.73. The summed E-state index contributed by atoms with van der Waals surface area (Å²) in [6, 6.07) is 15.7. The second kappa shape index (κ2) is 9.38. The van der Waals surface area contributed by atoms with Crippen LogP contribution in [0.15, 0.2) is 60.3 Å². The van der Waals surface area contributed by atoms with Crippen LogP contribution in [0.4, 0.5) is 10.1 Å². The minimum atomic E-state index is -0.459. The molecule has 1 amide bonds. The van der Waals surface area contributed by atoms with Crippen molar-refractivity contribution in [3.8, 4) is 6.07 Å². The molecule has 0 unspecified atom stereocenters. The number of benzene rings is 2. The van der Waals surface area contributed by atoms with Gasteiger partial charge >= 0.3 is 0 Å². The molecular formula is C21H22FN3O. The van der Waals surface area contributed by atoms with E-state index in [0.29, 0.717) is 24.6 Å². The van der Waals surface area contributed by atoms with Gasteiger partial charge < -0.3 is 10.6 Å². The standard InChI is InChI=1S/C21H22FN3O/c1-15(2)17-5-9-20(10-6-17)25-21(26)18(13-23)14-24-12-11-16-3-7-19(22)8-4-16/h3-10,14-15,24H,11-12H2,1-2H3,(H,25,26)/b18-14-. The third-order valence-corrected chi connectivity index (χ3v) is 3.92. The number of hydrogen-bond acceptors (Lipinski definition) is 3. The van der Waals surface area contributed by atoms with Crippen molar-refractivity contribution in [3.05, 3.63) is 77.2 Å². The van der Waals surface area contributed by atoms with E-state index < -0.39 is 5.91 Å². The van der Waals surface area contributed by atoms with Gasteiger partial charge in [0.2, 0.25) is 0 Å². The van der Waals surface area contributed by atoms with E-state index in [2.05, 4.69) is 24.5 Å². The first-order chi connectivity index (χ1) is 12.5. The van der Waals surface area contributed by atoms with Gasteiger partial charge in [-0.1, -0.05) is 38.1 Å². The third kappa shape index (κ3) is 5.75. The Morgan fingerprint density at radius 3 is 2.38 bits per heavy atom. The van der Waals surface area contributed by atoms with Gasteiger partial charge in [0, 0.05) is 18.4 Å². The normalized spacial score (nSPS) is 11.1. The monoisotopic (exact) mass is 351 g/mol. The molecule has 5 heteroatoms. The van der Waals surface area contributed by atoms with Gasteiger partial charge in [0.05, 0.1) is 0 Å². The highest BCUT2D eigenvalue weighted by molar-refractivity contribution is 6.06. The number of anilines is 1. The van der Waals surface area contributed by atoms with Crippen molar-refractivity contribution in [1.82, 2.24) is 5.32 Å². The molecule has 0 spiro atoms. The van der Waals surface area contributed by atoms with Crippen LogP contribution in [0, 0.1) is 17.1 Å². The van der Waals surface area contributed by atoms with Crippen LogP contribution in [0.25, 0.3) is 0 Å². The highest BCUT2D eigenvalue weighted by Gasteiger charge is 2.09. The van der Waals surface area contributed by atoms with Crippen LogP contribution in [0.2, 0.25) is 0 Å². The van der Waals surface area contributed by atoms with Crippen molar-refractivity contribution in [2.45, 2.75) is 26.2 Å². The number of nitrogens with zero attached hydrogens (tertiary/aromatic N) is 1. The molecule has 2 aromatic carbocycles. The lowest BCUT2D eigenvalue weighted by Gasteiger charge is -2.08. The maximum atomic E-state index is 12.9. The van der Waals surface area contributed by atoms with Gasteiger partial charge in [-0.2, -0.15) is 5.26 Å². The van der Waals surface area contributed by atoms with E-state index in [9.17, 15) is 14.4 Å². The Morgan fingerprint density at radius 2 is 1.81 bits per heavy atom. The first-order valence-corrected chi connectivity index (χ1v) is 8.49. The molecule has 0 aliphatic heterocycles. The topological polar surface area (TPSA) is 64.9 Å². The highest BCUT2D eigenvalue weighted by Crippen LogP contribution is 2.17. The number of carbonyl (C=O) groups excluding carboxylic acids is 1. The average Bonchev–Trinajstić information content (AvgIpc) is 2.63. The Morgan fingerprint density at radius 1 is 1.15 bits per heavy atom. The van der Waals surface area contributed by atoms with Crippen LogP contribution in [0.1, 0.15) is 30.9 Å². The molecule has 0 aliphatic rings. The summed E-state index contributed by atoms with van der Waals surface area (Å²) in [7, 11) is 0. The van der Waals surface area contributed by atoms with Crippen molar-refractivity contribution < 1.29 is 9.18 Å². The second-order valence-corrected chi connectivity index (χ2v) is 6.23. The summed E-state index contributed by atoms with van der Waals surface area (Å²) < 4.78 is 12.9. The molecule has 134 valence electrons. The van der Waals surface area contributed by atoms with Crippen LogP contribution in [0.5, 0.6) is 0 Å². The van der Waals surface area contributed by atoms with Crippen molar-refractivity contribution in [1.29, 1.82) is 5.26 Å². The Hall–Kier alpha value is -3.13. The molecule has 0 radical (unpaired) electrons. The number of rotatable bonds is 7. The van der Waals surface area contributed by atoms with Crippen molar-refractivity contribution in [3.63, 3.8) is 0 Å². The van der Waals surface area contributed by atoms with Crippen molar-refractivity contribution in [2.24, 2.45) is 0 Å². The summed E-state index contributed by atoms with van der Waals surface area (Å²) >= 11 is 0. The fourth-order valence-corrected chi connectivity index (χ4v) is 2.34. The molecule has 0 aromatic heterocycles. The van der Waals surface area contributed by atoms with Crippen LogP contribution in [-0.2, 0) is 11.2 Å². The van der Waals surface area contributed by atoms with E-state index in [1.807, 2.05) is 30.3 Å². The molecule has 0 bridgehead atoms. The van der Waals surface area contributed by atoms with Gasteiger partial charge in [0.25, 0.3) is 5.91 Å². The molecule has 2 aromatic rings. The number of nitrogens with one attached hydrogen (secondary N) is 2. The van der Waals surface area contributed by atoms with Gasteiger partial charge in [0.15, 0.2) is 0 Å². The van der Waals surface area contributed by atoms with Crippen LogP contribution < -0.4 is 10.6 Å². The summed E-state index contributed by atoms with van der Waals surface area (Å²) in [5, 5.41) is 14.8. The van der Waals surface area contributed by atoms with Crippen LogP contribution in [-0.4, -0.2) is 12.5 Å². The van der Waals surface area contributed by atoms with Gasteiger partial charge in [-0.05, 0) is 47.7 Å². The molecule has 2 N–H and O–H groups in total. The van der Waals surface area contributed by atoms with Crippen LogP contribution in [0.3, 0.4) is 0 Å². The minimum absolute atomic E-state index is 0.00274. The largest absolute Gasteiger partial charge is 0.389 e. The summed E-state index contributed by atoms with van der Waals surface area (Å²) in [5.41, 5.74) is 2.80. The summed E-state index contributed by atoms with van der Waals surface area (Å²) in [4.78, 5) is 12.2. The zero-order valence-corrected chi connectivity index (χ0v) is 14.9. The Kier molecular flexibility index (Phi) is 6.92. The Balaban J connectivity index is 1.87. The zero-order chi connectivity index (χ0) is 18.9. The lowest BCUT2D eigenvalue weighted by atomic mass is 10.0.